The molecule has 0 bridgehead atoms. The van der Waals surface area contributed by atoms with Gasteiger partial charge in [-0.1, -0.05) is 17.7 Å². The molecule has 2 heterocycles. The van der Waals surface area contributed by atoms with Crippen LogP contribution in [0.5, 0.6) is 0 Å². The van der Waals surface area contributed by atoms with Gasteiger partial charge in [0.05, 0.1) is 17.8 Å². The number of pyridine rings is 2. The molecule has 1 amide bonds. The van der Waals surface area contributed by atoms with E-state index in [0.717, 1.165) is 0 Å². The lowest BCUT2D eigenvalue weighted by molar-refractivity contribution is 0.0696. The minimum atomic E-state index is -1.04. The lowest BCUT2D eigenvalue weighted by atomic mass is 10.2. The Bertz CT molecular complexity index is 661. The number of carboxylic acids is 1. The Morgan fingerprint density at radius 2 is 2.10 bits per heavy atom. The fourth-order valence-corrected chi connectivity index (χ4v) is 1.67. The first-order valence-electron chi connectivity index (χ1n) is 5.65. The van der Waals surface area contributed by atoms with Crippen molar-refractivity contribution in [3.8, 4) is 0 Å². The Morgan fingerprint density at radius 1 is 1.30 bits per heavy atom. The van der Waals surface area contributed by atoms with Crippen LogP contribution >= 0.6 is 11.6 Å². The van der Waals surface area contributed by atoms with Crippen LogP contribution in [0.25, 0.3) is 0 Å². The van der Waals surface area contributed by atoms with Crippen LogP contribution in [0, 0.1) is 0 Å². The molecule has 7 heteroatoms. The van der Waals surface area contributed by atoms with Gasteiger partial charge < -0.3 is 10.4 Å². The molecule has 2 aromatic rings. The number of aromatic carboxylic acids is 1. The number of aromatic nitrogens is 2. The second kappa shape index (κ2) is 6.12. The Kier molecular flexibility index (Phi) is 4.27. The Balaban J connectivity index is 2.03. The monoisotopic (exact) mass is 291 g/mol. The van der Waals surface area contributed by atoms with E-state index in [1.54, 1.807) is 12.1 Å². The van der Waals surface area contributed by atoms with Crippen molar-refractivity contribution in [3.63, 3.8) is 0 Å². The molecule has 0 unspecified atom stereocenters. The maximum absolute atomic E-state index is 11.8. The van der Waals surface area contributed by atoms with Gasteiger partial charge >= 0.3 is 5.97 Å². The van der Waals surface area contributed by atoms with Crippen LogP contribution in [0.2, 0.25) is 5.15 Å². The number of carbonyl (C=O) groups is 2. The Labute approximate surface area is 119 Å². The van der Waals surface area contributed by atoms with E-state index in [1.807, 2.05) is 0 Å². The molecular formula is C13H10ClN3O3. The van der Waals surface area contributed by atoms with Crippen LogP contribution in [0.3, 0.4) is 0 Å². The summed E-state index contributed by atoms with van der Waals surface area (Å²) in [7, 11) is 0. The third-order valence-corrected chi connectivity index (χ3v) is 2.65. The molecule has 2 rings (SSSR count). The first kappa shape index (κ1) is 14.0. The van der Waals surface area contributed by atoms with Crippen molar-refractivity contribution < 1.29 is 14.7 Å². The van der Waals surface area contributed by atoms with Crippen LogP contribution in [-0.2, 0) is 6.54 Å². The van der Waals surface area contributed by atoms with Gasteiger partial charge in [-0.15, -0.1) is 0 Å². The van der Waals surface area contributed by atoms with E-state index in [4.69, 9.17) is 16.7 Å². The summed E-state index contributed by atoms with van der Waals surface area (Å²) in [4.78, 5) is 30.5. The van der Waals surface area contributed by atoms with E-state index in [9.17, 15) is 9.59 Å². The first-order chi connectivity index (χ1) is 9.56. The minimum Gasteiger partial charge on any atom is -0.478 e. The Morgan fingerprint density at radius 3 is 2.80 bits per heavy atom. The van der Waals surface area contributed by atoms with Crippen LogP contribution in [-0.4, -0.2) is 27.0 Å². The standard InChI is InChI=1S/C13H10ClN3O3/c14-11-3-1-2-10(17-11)12(18)16-7-9-6-8(13(19)20)4-5-15-9/h1-6H,7H2,(H,16,18)(H,19,20). The normalized spacial score (nSPS) is 10.1. The zero-order valence-electron chi connectivity index (χ0n) is 10.2. The highest BCUT2D eigenvalue weighted by molar-refractivity contribution is 6.29. The van der Waals surface area contributed by atoms with Gasteiger partial charge in [0.15, 0.2) is 0 Å². The maximum atomic E-state index is 11.8. The van der Waals surface area contributed by atoms with E-state index in [-0.39, 0.29) is 23.0 Å². The largest absolute Gasteiger partial charge is 0.478 e. The van der Waals surface area contributed by atoms with Gasteiger partial charge in [-0.25, -0.2) is 9.78 Å². The molecule has 102 valence electrons. The summed E-state index contributed by atoms with van der Waals surface area (Å²) in [5, 5.41) is 11.7. The zero-order valence-corrected chi connectivity index (χ0v) is 11.0. The van der Waals surface area contributed by atoms with E-state index in [1.165, 1.54) is 24.4 Å². The lowest BCUT2D eigenvalue weighted by Crippen LogP contribution is -2.24. The van der Waals surface area contributed by atoms with Crippen molar-refractivity contribution >= 4 is 23.5 Å². The summed E-state index contributed by atoms with van der Waals surface area (Å²) in [5.41, 5.74) is 0.747. The molecule has 0 saturated carbocycles. The molecule has 0 fully saturated rings. The van der Waals surface area contributed by atoms with Gasteiger partial charge in [0.1, 0.15) is 10.8 Å². The van der Waals surface area contributed by atoms with Gasteiger partial charge in [-0.3, -0.25) is 9.78 Å². The number of hydrogen-bond donors (Lipinski definition) is 2. The summed E-state index contributed by atoms with van der Waals surface area (Å²) in [6, 6.07) is 7.49. The van der Waals surface area contributed by atoms with E-state index >= 15 is 0 Å². The van der Waals surface area contributed by atoms with Gasteiger partial charge in [0.25, 0.3) is 5.91 Å². The highest BCUT2D eigenvalue weighted by atomic mass is 35.5. The van der Waals surface area contributed by atoms with Crippen LogP contribution in [0.4, 0.5) is 0 Å². The van der Waals surface area contributed by atoms with Crippen molar-refractivity contribution in [1.29, 1.82) is 0 Å². The van der Waals surface area contributed by atoms with Crippen molar-refractivity contribution in [1.82, 2.24) is 15.3 Å². The van der Waals surface area contributed by atoms with E-state index in [2.05, 4.69) is 15.3 Å². The van der Waals surface area contributed by atoms with E-state index < -0.39 is 11.9 Å². The maximum Gasteiger partial charge on any atom is 0.335 e. The SMILES string of the molecule is O=C(O)c1ccnc(CNC(=O)c2cccc(Cl)n2)c1. The molecular weight excluding hydrogens is 282 g/mol. The average Bonchev–Trinajstić information content (AvgIpc) is 2.45. The molecule has 0 aliphatic carbocycles. The predicted molar refractivity (Wildman–Crippen MR) is 71.6 cm³/mol. The second-order valence-corrected chi connectivity index (χ2v) is 4.26. The third kappa shape index (κ3) is 3.52. The molecule has 0 aliphatic heterocycles. The smallest absolute Gasteiger partial charge is 0.335 e. The molecule has 0 saturated heterocycles. The molecule has 0 aliphatic rings. The molecule has 0 radical (unpaired) electrons. The minimum absolute atomic E-state index is 0.105. The number of nitrogens with one attached hydrogen (secondary N) is 1. The zero-order chi connectivity index (χ0) is 14.5. The fourth-order valence-electron chi connectivity index (χ4n) is 1.50. The summed E-state index contributed by atoms with van der Waals surface area (Å²) >= 11 is 5.69. The van der Waals surface area contributed by atoms with Crippen molar-refractivity contribution in [2.45, 2.75) is 6.54 Å². The number of carboxylic acid groups (broad SMARTS) is 1. The van der Waals surface area contributed by atoms with Crippen molar-refractivity contribution in [2.75, 3.05) is 0 Å². The van der Waals surface area contributed by atoms with Gasteiger partial charge in [-0.05, 0) is 24.3 Å². The van der Waals surface area contributed by atoms with Gasteiger partial charge in [0.2, 0.25) is 0 Å². The van der Waals surface area contributed by atoms with E-state index in [0.29, 0.717) is 5.69 Å². The Hall–Kier alpha value is -2.47. The number of nitrogens with zero attached hydrogens (tertiary/aromatic N) is 2. The first-order valence-corrected chi connectivity index (χ1v) is 6.03. The summed E-state index contributed by atoms with van der Waals surface area (Å²) in [6.07, 6.45) is 1.38. The molecule has 6 nitrogen and oxygen atoms in total. The molecule has 0 aromatic carbocycles. The third-order valence-electron chi connectivity index (χ3n) is 2.44. The molecule has 20 heavy (non-hydrogen) atoms. The highest BCUT2D eigenvalue weighted by Gasteiger charge is 2.09. The highest BCUT2D eigenvalue weighted by Crippen LogP contribution is 2.06. The molecule has 0 atom stereocenters. The van der Waals surface area contributed by atoms with Gasteiger partial charge in [-0.2, -0.15) is 0 Å². The van der Waals surface area contributed by atoms with Crippen LogP contribution in [0.1, 0.15) is 26.5 Å². The van der Waals surface area contributed by atoms with Crippen LogP contribution in [0.15, 0.2) is 36.5 Å². The summed E-state index contributed by atoms with van der Waals surface area (Å²) in [5.74, 6) is -1.45. The van der Waals surface area contributed by atoms with Gasteiger partial charge in [0, 0.05) is 6.20 Å². The summed E-state index contributed by atoms with van der Waals surface area (Å²) < 4.78 is 0. The molecule has 2 N–H and O–H groups in total. The number of halogens is 1. The number of rotatable bonds is 4. The molecule has 0 spiro atoms. The number of hydrogen-bond acceptors (Lipinski definition) is 4. The number of amides is 1. The quantitative estimate of drug-likeness (QED) is 0.837. The summed E-state index contributed by atoms with van der Waals surface area (Å²) in [6.45, 7) is 0.105. The predicted octanol–water partition coefficient (Wildman–Crippen LogP) is 1.76. The number of carbonyl (C=O) groups excluding carboxylic acids is 1. The second-order valence-electron chi connectivity index (χ2n) is 3.87. The average molecular weight is 292 g/mol. The van der Waals surface area contributed by atoms with Crippen molar-refractivity contribution in [3.05, 3.63) is 58.6 Å². The van der Waals surface area contributed by atoms with Crippen LogP contribution < -0.4 is 5.32 Å². The molecule has 2 aromatic heterocycles. The topological polar surface area (TPSA) is 92.2 Å². The van der Waals surface area contributed by atoms with Crippen molar-refractivity contribution in [2.24, 2.45) is 0 Å². The fraction of sp³-hybridized carbons (Fsp3) is 0.0769. The lowest BCUT2D eigenvalue weighted by Gasteiger charge is -2.05.